The lowest BCUT2D eigenvalue weighted by Gasteiger charge is -1.98. The normalized spacial score (nSPS) is 12.6. The van der Waals surface area contributed by atoms with Crippen molar-refractivity contribution in [1.29, 1.82) is 0 Å². The van der Waals surface area contributed by atoms with Crippen LogP contribution in [0.1, 0.15) is 12.0 Å². The van der Waals surface area contributed by atoms with Crippen LogP contribution in [0.3, 0.4) is 0 Å². The highest BCUT2D eigenvalue weighted by molar-refractivity contribution is 5.49. The SMILES string of the molecule is C#CC[C@H](O)C=Cc1ccccc1. The summed E-state index contributed by atoms with van der Waals surface area (Å²) in [5.74, 6) is 2.40. The molecule has 0 aromatic heterocycles. The Morgan fingerprint density at radius 1 is 1.38 bits per heavy atom. The van der Waals surface area contributed by atoms with Crippen LogP contribution in [0.25, 0.3) is 6.08 Å². The Hall–Kier alpha value is -1.52. The Balaban J connectivity index is 2.55. The van der Waals surface area contributed by atoms with Gasteiger partial charge in [0.15, 0.2) is 0 Å². The van der Waals surface area contributed by atoms with Crippen LogP contribution in [0.5, 0.6) is 0 Å². The summed E-state index contributed by atoms with van der Waals surface area (Å²) in [5, 5.41) is 9.28. The molecule has 66 valence electrons. The molecule has 0 saturated heterocycles. The first-order chi connectivity index (χ1) is 6.33. The van der Waals surface area contributed by atoms with Gasteiger partial charge in [-0.05, 0) is 5.56 Å². The molecular weight excluding hydrogens is 160 g/mol. The molecule has 1 nitrogen and oxygen atoms in total. The molecule has 0 fully saturated rings. The van der Waals surface area contributed by atoms with E-state index in [9.17, 15) is 5.11 Å². The fourth-order valence-corrected chi connectivity index (χ4v) is 0.975. The first-order valence-electron chi connectivity index (χ1n) is 4.17. The molecule has 0 radical (unpaired) electrons. The molecule has 0 aliphatic heterocycles. The third-order valence-corrected chi connectivity index (χ3v) is 1.64. The lowest BCUT2D eigenvalue weighted by atomic mass is 10.1. The van der Waals surface area contributed by atoms with E-state index >= 15 is 0 Å². The van der Waals surface area contributed by atoms with Gasteiger partial charge in [-0.15, -0.1) is 12.3 Å². The fraction of sp³-hybridized carbons (Fsp3) is 0.167. The monoisotopic (exact) mass is 172 g/mol. The van der Waals surface area contributed by atoms with Crippen molar-refractivity contribution >= 4 is 6.08 Å². The molecule has 0 amide bonds. The number of aliphatic hydroxyl groups excluding tert-OH is 1. The Morgan fingerprint density at radius 3 is 2.69 bits per heavy atom. The quantitative estimate of drug-likeness (QED) is 0.692. The average Bonchev–Trinajstić information content (AvgIpc) is 2.17. The van der Waals surface area contributed by atoms with Gasteiger partial charge in [-0.3, -0.25) is 0 Å². The molecule has 0 aliphatic rings. The maximum Gasteiger partial charge on any atom is 0.0833 e. The van der Waals surface area contributed by atoms with Crippen LogP contribution >= 0.6 is 0 Å². The van der Waals surface area contributed by atoms with Crippen LogP contribution in [0.4, 0.5) is 0 Å². The number of terminal acetylenes is 1. The lowest BCUT2D eigenvalue weighted by molar-refractivity contribution is 0.230. The third-order valence-electron chi connectivity index (χ3n) is 1.64. The van der Waals surface area contributed by atoms with Gasteiger partial charge in [0.2, 0.25) is 0 Å². The molecule has 13 heavy (non-hydrogen) atoms. The third kappa shape index (κ3) is 3.59. The van der Waals surface area contributed by atoms with Crippen LogP contribution in [0.15, 0.2) is 36.4 Å². The van der Waals surface area contributed by atoms with Crippen LogP contribution in [-0.4, -0.2) is 11.2 Å². The van der Waals surface area contributed by atoms with Crippen LogP contribution < -0.4 is 0 Å². The van der Waals surface area contributed by atoms with E-state index in [0.29, 0.717) is 6.42 Å². The Morgan fingerprint density at radius 2 is 2.08 bits per heavy atom. The predicted molar refractivity (Wildman–Crippen MR) is 54.9 cm³/mol. The minimum atomic E-state index is -0.537. The standard InChI is InChI=1S/C12H12O/c1-2-6-12(13)10-9-11-7-4-3-5-8-11/h1,3-5,7-10,12-13H,6H2/t12-/m0/s1. The second-order valence-corrected chi connectivity index (χ2v) is 2.75. The Kier molecular flexibility index (Phi) is 3.81. The minimum absolute atomic E-state index is 0.364. The number of benzene rings is 1. The first-order valence-corrected chi connectivity index (χ1v) is 4.17. The molecular formula is C12H12O. The van der Waals surface area contributed by atoms with E-state index in [-0.39, 0.29) is 0 Å². The van der Waals surface area contributed by atoms with Gasteiger partial charge in [0.05, 0.1) is 6.10 Å². The zero-order chi connectivity index (χ0) is 9.52. The van der Waals surface area contributed by atoms with E-state index in [4.69, 9.17) is 6.42 Å². The summed E-state index contributed by atoms with van der Waals surface area (Å²) in [5.41, 5.74) is 1.07. The molecule has 0 unspecified atom stereocenters. The number of hydrogen-bond donors (Lipinski definition) is 1. The molecule has 0 saturated carbocycles. The maximum atomic E-state index is 9.28. The van der Waals surface area contributed by atoms with Crippen molar-refractivity contribution in [2.24, 2.45) is 0 Å². The molecule has 0 heterocycles. The molecule has 0 aliphatic carbocycles. The van der Waals surface area contributed by atoms with Gasteiger partial charge in [-0.2, -0.15) is 0 Å². The van der Waals surface area contributed by atoms with Crippen molar-refractivity contribution in [3.63, 3.8) is 0 Å². The average molecular weight is 172 g/mol. The second-order valence-electron chi connectivity index (χ2n) is 2.75. The summed E-state index contributed by atoms with van der Waals surface area (Å²) in [6, 6.07) is 9.80. The lowest BCUT2D eigenvalue weighted by Crippen LogP contribution is -1.98. The molecule has 0 bridgehead atoms. The minimum Gasteiger partial charge on any atom is -0.388 e. The van der Waals surface area contributed by atoms with E-state index in [1.54, 1.807) is 6.08 Å². The highest BCUT2D eigenvalue weighted by atomic mass is 16.3. The Labute approximate surface area is 78.7 Å². The number of aliphatic hydroxyl groups is 1. The molecule has 1 rings (SSSR count). The summed E-state index contributed by atoms with van der Waals surface area (Å²) in [7, 11) is 0. The predicted octanol–water partition coefficient (Wildman–Crippen LogP) is 2.08. The van der Waals surface area contributed by atoms with Gasteiger partial charge < -0.3 is 5.11 Å². The van der Waals surface area contributed by atoms with E-state index in [2.05, 4.69) is 5.92 Å². The molecule has 1 aromatic rings. The van der Waals surface area contributed by atoms with E-state index in [1.165, 1.54) is 0 Å². The van der Waals surface area contributed by atoms with E-state index in [1.807, 2.05) is 36.4 Å². The summed E-state index contributed by atoms with van der Waals surface area (Å²) in [4.78, 5) is 0. The van der Waals surface area contributed by atoms with Gasteiger partial charge in [-0.25, -0.2) is 0 Å². The molecule has 0 spiro atoms. The summed E-state index contributed by atoms with van der Waals surface area (Å²) < 4.78 is 0. The van der Waals surface area contributed by atoms with E-state index in [0.717, 1.165) is 5.56 Å². The highest BCUT2D eigenvalue weighted by Gasteiger charge is 1.93. The maximum absolute atomic E-state index is 9.28. The topological polar surface area (TPSA) is 20.2 Å². The zero-order valence-electron chi connectivity index (χ0n) is 7.35. The number of hydrogen-bond acceptors (Lipinski definition) is 1. The van der Waals surface area contributed by atoms with Crippen molar-refractivity contribution in [2.75, 3.05) is 0 Å². The second kappa shape index (κ2) is 5.18. The van der Waals surface area contributed by atoms with Gasteiger partial charge in [0.25, 0.3) is 0 Å². The zero-order valence-corrected chi connectivity index (χ0v) is 7.35. The summed E-state index contributed by atoms with van der Waals surface area (Å²) >= 11 is 0. The van der Waals surface area contributed by atoms with Gasteiger partial charge in [-0.1, -0.05) is 42.5 Å². The summed E-state index contributed by atoms with van der Waals surface area (Å²) in [6.45, 7) is 0. The van der Waals surface area contributed by atoms with Gasteiger partial charge in [0.1, 0.15) is 0 Å². The molecule has 1 aromatic carbocycles. The fourth-order valence-electron chi connectivity index (χ4n) is 0.975. The van der Waals surface area contributed by atoms with Crippen molar-refractivity contribution < 1.29 is 5.11 Å². The van der Waals surface area contributed by atoms with Gasteiger partial charge >= 0.3 is 0 Å². The van der Waals surface area contributed by atoms with Gasteiger partial charge in [0, 0.05) is 6.42 Å². The van der Waals surface area contributed by atoms with Crippen molar-refractivity contribution in [2.45, 2.75) is 12.5 Å². The highest BCUT2D eigenvalue weighted by Crippen LogP contribution is 2.02. The summed E-state index contributed by atoms with van der Waals surface area (Å²) in [6.07, 6.45) is 8.45. The largest absolute Gasteiger partial charge is 0.388 e. The number of rotatable bonds is 3. The Bertz CT molecular complexity index is 306. The first kappa shape index (κ1) is 9.57. The molecule has 1 N–H and O–H groups in total. The molecule has 1 heteroatoms. The molecule has 1 atom stereocenters. The van der Waals surface area contributed by atoms with Crippen molar-refractivity contribution in [1.82, 2.24) is 0 Å². The van der Waals surface area contributed by atoms with Crippen LogP contribution in [0, 0.1) is 12.3 Å². The van der Waals surface area contributed by atoms with Crippen LogP contribution in [0.2, 0.25) is 0 Å². The van der Waals surface area contributed by atoms with E-state index < -0.39 is 6.10 Å². The smallest absolute Gasteiger partial charge is 0.0833 e. The van der Waals surface area contributed by atoms with Crippen molar-refractivity contribution in [3.05, 3.63) is 42.0 Å². The van der Waals surface area contributed by atoms with Crippen molar-refractivity contribution in [3.8, 4) is 12.3 Å². The van der Waals surface area contributed by atoms with Crippen LogP contribution in [-0.2, 0) is 0 Å².